The van der Waals surface area contributed by atoms with Gasteiger partial charge in [0, 0.05) is 38.1 Å². The molecule has 0 unspecified atom stereocenters. The summed E-state index contributed by atoms with van der Waals surface area (Å²) < 4.78 is 15.4. The van der Waals surface area contributed by atoms with Gasteiger partial charge in [-0.3, -0.25) is 0 Å². The Morgan fingerprint density at radius 2 is 1.81 bits per heavy atom. The zero-order valence-corrected chi connectivity index (χ0v) is 18.6. The van der Waals surface area contributed by atoms with Crippen LogP contribution < -0.4 is 10.2 Å². The Kier molecular flexibility index (Phi) is 5.16. The van der Waals surface area contributed by atoms with Crippen LogP contribution in [0.15, 0.2) is 60.8 Å². The molecule has 0 bridgehead atoms. The molecule has 0 saturated carbocycles. The first-order valence-electron chi connectivity index (χ1n) is 11.4. The van der Waals surface area contributed by atoms with Gasteiger partial charge < -0.3 is 19.7 Å². The van der Waals surface area contributed by atoms with Crippen molar-refractivity contribution < 1.29 is 9.18 Å². The molecule has 1 N–H and O–H groups in total. The molecule has 1 fully saturated rings. The molecule has 2 aliphatic rings. The van der Waals surface area contributed by atoms with Gasteiger partial charge in [-0.05, 0) is 74.2 Å². The lowest BCUT2D eigenvalue weighted by Crippen LogP contribution is -2.57. The van der Waals surface area contributed by atoms with Crippen LogP contribution >= 0.6 is 0 Å². The van der Waals surface area contributed by atoms with Crippen LogP contribution in [0.4, 0.5) is 14.9 Å². The normalized spacial score (nSPS) is 16.6. The summed E-state index contributed by atoms with van der Waals surface area (Å²) in [6.45, 7) is 7.06. The van der Waals surface area contributed by atoms with Crippen LogP contribution in [0, 0.1) is 12.7 Å². The van der Waals surface area contributed by atoms with Gasteiger partial charge in [0.15, 0.2) is 0 Å². The van der Waals surface area contributed by atoms with E-state index in [-0.39, 0.29) is 17.4 Å². The Hall–Kier alpha value is -3.28. The predicted molar refractivity (Wildman–Crippen MR) is 125 cm³/mol. The molecule has 3 aromatic rings. The first-order chi connectivity index (χ1) is 15.5. The summed E-state index contributed by atoms with van der Waals surface area (Å²) >= 11 is 0. The number of fused-ring (bicyclic) bond motifs is 4. The number of benzene rings is 2. The first-order valence-corrected chi connectivity index (χ1v) is 11.4. The highest BCUT2D eigenvalue weighted by Crippen LogP contribution is 2.48. The average molecular weight is 433 g/mol. The van der Waals surface area contributed by atoms with Crippen LogP contribution in [0.25, 0.3) is 5.69 Å². The van der Waals surface area contributed by atoms with E-state index in [4.69, 9.17) is 0 Å². The highest BCUT2D eigenvalue weighted by molar-refractivity contribution is 5.75. The monoisotopic (exact) mass is 432 g/mol. The summed E-state index contributed by atoms with van der Waals surface area (Å²) in [5.41, 5.74) is 5.83. The minimum absolute atomic E-state index is 0.0605. The Bertz CT molecular complexity index is 1130. The largest absolute Gasteiger partial charge is 0.359 e. The number of carbonyl (C=O) groups excluding carboxylic acids is 1. The van der Waals surface area contributed by atoms with Gasteiger partial charge in [-0.25, -0.2) is 9.18 Å². The lowest BCUT2D eigenvalue weighted by atomic mass is 9.80. The number of urea groups is 1. The number of aryl methyl sites for hydroxylation is 1. The van der Waals surface area contributed by atoms with E-state index in [1.54, 1.807) is 12.1 Å². The Labute approximate surface area is 188 Å². The quantitative estimate of drug-likeness (QED) is 0.635. The molecule has 3 heterocycles. The number of anilines is 1. The number of hydrogen-bond acceptors (Lipinski definition) is 2. The van der Waals surface area contributed by atoms with Gasteiger partial charge in [0.05, 0.1) is 16.9 Å². The number of piperidine rings is 1. The van der Waals surface area contributed by atoms with Gasteiger partial charge in [-0.1, -0.05) is 18.2 Å². The maximum atomic E-state index is 13.1. The summed E-state index contributed by atoms with van der Waals surface area (Å²) in [6, 6.07) is 17.2. The van der Waals surface area contributed by atoms with E-state index in [0.717, 1.165) is 24.9 Å². The number of likely N-dealkylation sites (tertiary alicyclic amines) is 1. The summed E-state index contributed by atoms with van der Waals surface area (Å²) in [7, 11) is 0. The molecule has 6 heteroatoms. The second-order valence-electron chi connectivity index (χ2n) is 8.80. The summed E-state index contributed by atoms with van der Waals surface area (Å²) in [4.78, 5) is 17.3. The van der Waals surface area contributed by atoms with Crippen molar-refractivity contribution in [1.82, 2.24) is 14.8 Å². The van der Waals surface area contributed by atoms with Crippen LogP contribution in [0.2, 0.25) is 0 Å². The van der Waals surface area contributed by atoms with Crippen molar-refractivity contribution in [3.63, 3.8) is 0 Å². The molecular weight excluding hydrogens is 403 g/mol. The molecule has 5 rings (SSSR count). The van der Waals surface area contributed by atoms with Crippen molar-refractivity contribution in [3.8, 4) is 5.69 Å². The number of nitrogens with one attached hydrogen (secondary N) is 1. The maximum Gasteiger partial charge on any atom is 0.317 e. The first kappa shape index (κ1) is 20.6. The van der Waals surface area contributed by atoms with E-state index in [9.17, 15) is 9.18 Å². The number of halogens is 1. The minimum atomic E-state index is -0.268. The van der Waals surface area contributed by atoms with E-state index in [1.807, 2.05) is 4.90 Å². The lowest BCUT2D eigenvalue weighted by molar-refractivity contribution is 0.151. The Morgan fingerprint density at radius 1 is 1.06 bits per heavy atom. The molecule has 2 aliphatic heterocycles. The van der Waals surface area contributed by atoms with Gasteiger partial charge in [-0.15, -0.1) is 0 Å². The zero-order valence-electron chi connectivity index (χ0n) is 18.6. The third kappa shape index (κ3) is 3.34. The molecule has 166 valence electrons. The standard InChI is InChI=1S/C26H29FN4O/c1-3-31-23-17-19(2)6-11-22(23)30-14-4-5-24(30)26(31)12-15-29(16-13-26)25(32)28-18-20-7-9-21(27)10-8-20/h4-11,14,17H,3,12-13,15-16,18H2,1-2H3,(H,28,32). The maximum absolute atomic E-state index is 13.1. The average Bonchev–Trinajstić information content (AvgIpc) is 3.30. The minimum Gasteiger partial charge on any atom is -0.359 e. The molecule has 1 aromatic heterocycles. The molecule has 1 saturated heterocycles. The number of carbonyl (C=O) groups is 1. The number of hydrogen-bond donors (Lipinski definition) is 1. The van der Waals surface area contributed by atoms with Crippen LogP contribution in [-0.4, -0.2) is 35.1 Å². The molecule has 5 nitrogen and oxygen atoms in total. The number of amides is 2. The smallest absolute Gasteiger partial charge is 0.317 e. The van der Waals surface area contributed by atoms with Gasteiger partial charge >= 0.3 is 6.03 Å². The molecule has 0 aliphatic carbocycles. The third-order valence-electron chi connectivity index (χ3n) is 6.97. The van der Waals surface area contributed by atoms with E-state index in [2.05, 4.69) is 65.2 Å². The second-order valence-corrected chi connectivity index (χ2v) is 8.80. The van der Waals surface area contributed by atoms with Gasteiger partial charge in [0.2, 0.25) is 0 Å². The topological polar surface area (TPSA) is 40.5 Å². The Morgan fingerprint density at radius 3 is 2.53 bits per heavy atom. The highest BCUT2D eigenvalue weighted by atomic mass is 19.1. The zero-order chi connectivity index (χ0) is 22.3. The molecule has 2 amide bonds. The van der Waals surface area contributed by atoms with Crippen molar-refractivity contribution in [3.05, 3.63) is 83.4 Å². The van der Waals surface area contributed by atoms with Crippen molar-refractivity contribution in [2.75, 3.05) is 24.5 Å². The van der Waals surface area contributed by atoms with Crippen LogP contribution in [-0.2, 0) is 12.1 Å². The Balaban J connectivity index is 1.35. The number of rotatable bonds is 3. The summed E-state index contributed by atoms with van der Waals surface area (Å²) in [5.74, 6) is -0.268. The van der Waals surface area contributed by atoms with Crippen molar-refractivity contribution >= 4 is 11.7 Å². The molecular formula is C26H29FN4O. The van der Waals surface area contributed by atoms with Gasteiger partial charge in [0.1, 0.15) is 5.82 Å². The fourth-order valence-corrected chi connectivity index (χ4v) is 5.36. The third-order valence-corrected chi connectivity index (χ3v) is 6.97. The van der Waals surface area contributed by atoms with E-state index in [1.165, 1.54) is 34.8 Å². The van der Waals surface area contributed by atoms with Crippen LogP contribution in [0.3, 0.4) is 0 Å². The molecule has 2 aromatic carbocycles. The number of nitrogens with zero attached hydrogens (tertiary/aromatic N) is 3. The molecule has 0 radical (unpaired) electrons. The molecule has 1 spiro atoms. The fraction of sp³-hybridized carbons (Fsp3) is 0.346. The summed E-state index contributed by atoms with van der Waals surface area (Å²) in [5, 5.41) is 2.99. The van der Waals surface area contributed by atoms with Crippen molar-refractivity contribution in [1.29, 1.82) is 0 Å². The number of aromatic nitrogens is 1. The fourth-order valence-electron chi connectivity index (χ4n) is 5.36. The lowest BCUT2D eigenvalue weighted by Gasteiger charge is -2.53. The van der Waals surface area contributed by atoms with Crippen molar-refractivity contribution in [2.45, 2.75) is 38.8 Å². The molecule has 0 atom stereocenters. The second kappa shape index (κ2) is 8.01. The molecule has 32 heavy (non-hydrogen) atoms. The van der Waals surface area contributed by atoms with Gasteiger partial charge in [-0.2, -0.15) is 0 Å². The van der Waals surface area contributed by atoms with E-state index >= 15 is 0 Å². The van der Waals surface area contributed by atoms with Crippen LogP contribution in [0.5, 0.6) is 0 Å². The van der Waals surface area contributed by atoms with Gasteiger partial charge in [0.25, 0.3) is 0 Å². The SMILES string of the molecule is CCN1c2cc(C)ccc2-n2cccc2C12CCN(C(=O)NCc1ccc(F)cc1)CC2. The van der Waals surface area contributed by atoms with E-state index < -0.39 is 0 Å². The summed E-state index contributed by atoms with van der Waals surface area (Å²) in [6.07, 6.45) is 3.91. The van der Waals surface area contributed by atoms with Crippen molar-refractivity contribution in [2.24, 2.45) is 0 Å². The van der Waals surface area contributed by atoms with Crippen LogP contribution in [0.1, 0.15) is 36.6 Å². The highest BCUT2D eigenvalue weighted by Gasteiger charge is 2.46. The predicted octanol–water partition coefficient (Wildman–Crippen LogP) is 4.97. The van der Waals surface area contributed by atoms with E-state index in [0.29, 0.717) is 19.6 Å².